The van der Waals surface area contributed by atoms with Gasteiger partial charge in [-0.25, -0.2) is 0 Å². The van der Waals surface area contributed by atoms with Crippen molar-refractivity contribution in [2.45, 2.75) is 118 Å². The third-order valence-electron chi connectivity index (χ3n) is 11.0. The summed E-state index contributed by atoms with van der Waals surface area (Å²) in [5, 5.41) is 0. The highest BCUT2D eigenvalue weighted by atomic mass is 16.5. The topological polar surface area (TPSA) is 43.4 Å². The lowest BCUT2D eigenvalue weighted by Gasteiger charge is -2.60. The molecule has 0 heterocycles. The first-order valence-corrected chi connectivity index (χ1v) is 13.8. The van der Waals surface area contributed by atoms with E-state index < -0.39 is 0 Å². The van der Waals surface area contributed by atoms with Crippen molar-refractivity contribution in [1.82, 2.24) is 0 Å². The molecule has 4 saturated carbocycles. The summed E-state index contributed by atoms with van der Waals surface area (Å²) in [7, 11) is 0. The third-order valence-corrected chi connectivity index (χ3v) is 11.0. The standard InChI is InChI=1S/C29H48O3/c1-18(2)8-7-9-19(3)23-10-11-24-27-25(13-15-29(23,24)6)28(5)14-12-22(32-20(4)30)16-21(28)17-26(27)31/h18-19,21-25,27H,7-17H2,1-6H3/t19?,21?,22-,23+,24-,25-,27-,28-,29+/m0/s1. The minimum absolute atomic E-state index is 0.0198. The van der Waals surface area contributed by atoms with Gasteiger partial charge < -0.3 is 4.74 Å². The summed E-state index contributed by atoms with van der Waals surface area (Å²) < 4.78 is 5.58. The number of hydrogen-bond acceptors (Lipinski definition) is 3. The van der Waals surface area contributed by atoms with Crippen molar-refractivity contribution in [2.75, 3.05) is 0 Å². The Morgan fingerprint density at radius 1 is 1.00 bits per heavy atom. The fourth-order valence-electron chi connectivity index (χ4n) is 9.26. The zero-order chi connectivity index (χ0) is 23.3. The van der Waals surface area contributed by atoms with Crippen LogP contribution in [0.2, 0.25) is 0 Å². The molecular formula is C29H48O3. The van der Waals surface area contributed by atoms with Crippen LogP contribution < -0.4 is 0 Å². The van der Waals surface area contributed by atoms with E-state index in [2.05, 4.69) is 34.6 Å². The molecule has 3 nitrogen and oxygen atoms in total. The Balaban J connectivity index is 1.48. The Hall–Kier alpha value is -0.860. The third kappa shape index (κ3) is 4.20. The van der Waals surface area contributed by atoms with Gasteiger partial charge in [-0.15, -0.1) is 0 Å². The fourth-order valence-corrected chi connectivity index (χ4v) is 9.26. The average molecular weight is 445 g/mol. The molecule has 0 N–H and O–H groups in total. The Bertz CT molecular complexity index is 713. The van der Waals surface area contributed by atoms with E-state index in [1.54, 1.807) is 0 Å². The first kappa shape index (κ1) is 24.3. The van der Waals surface area contributed by atoms with Crippen LogP contribution in [0, 0.1) is 52.3 Å². The monoisotopic (exact) mass is 444 g/mol. The van der Waals surface area contributed by atoms with Gasteiger partial charge in [0.05, 0.1) is 0 Å². The lowest BCUT2D eigenvalue weighted by molar-refractivity contribution is -0.168. The molecule has 182 valence electrons. The van der Waals surface area contributed by atoms with Crippen molar-refractivity contribution in [3.63, 3.8) is 0 Å². The number of carbonyl (C=O) groups is 2. The number of hydrogen-bond donors (Lipinski definition) is 0. The number of carbonyl (C=O) groups excluding carboxylic acids is 2. The number of rotatable bonds is 6. The smallest absolute Gasteiger partial charge is 0.302 e. The van der Waals surface area contributed by atoms with Crippen LogP contribution in [0.4, 0.5) is 0 Å². The SMILES string of the molecule is CC(=O)O[C@H]1CC[C@@]2(C)C(CC(=O)[C@H]3[C@@H]4CC[C@H](C(C)CCCC(C)C)[C@@]4(C)CC[C@@H]32)C1. The first-order valence-electron chi connectivity index (χ1n) is 13.8. The van der Waals surface area contributed by atoms with Crippen LogP contribution in [0.25, 0.3) is 0 Å². The Morgan fingerprint density at radius 3 is 2.38 bits per heavy atom. The van der Waals surface area contributed by atoms with Gasteiger partial charge in [0.15, 0.2) is 0 Å². The van der Waals surface area contributed by atoms with Crippen LogP contribution in [0.3, 0.4) is 0 Å². The highest BCUT2D eigenvalue weighted by Gasteiger charge is 2.63. The normalized spacial score (nSPS) is 44.5. The van der Waals surface area contributed by atoms with E-state index in [0.29, 0.717) is 29.0 Å². The van der Waals surface area contributed by atoms with Crippen molar-refractivity contribution in [2.24, 2.45) is 52.3 Å². The predicted molar refractivity (Wildman–Crippen MR) is 129 cm³/mol. The van der Waals surface area contributed by atoms with Crippen molar-refractivity contribution >= 4 is 11.8 Å². The van der Waals surface area contributed by atoms with Gasteiger partial charge in [-0.1, -0.05) is 53.9 Å². The highest BCUT2D eigenvalue weighted by Crippen LogP contribution is 2.67. The van der Waals surface area contributed by atoms with Gasteiger partial charge in [0, 0.05) is 19.3 Å². The zero-order valence-electron chi connectivity index (χ0n) is 21.6. The van der Waals surface area contributed by atoms with Gasteiger partial charge in [0.1, 0.15) is 11.9 Å². The molecule has 0 bridgehead atoms. The van der Waals surface area contributed by atoms with E-state index >= 15 is 0 Å². The molecule has 0 spiro atoms. The summed E-state index contributed by atoms with van der Waals surface area (Å²) in [6.45, 7) is 13.7. The van der Waals surface area contributed by atoms with Gasteiger partial charge in [0.25, 0.3) is 0 Å². The summed E-state index contributed by atoms with van der Waals surface area (Å²) >= 11 is 0. The van der Waals surface area contributed by atoms with Gasteiger partial charge in [-0.05, 0) is 91.3 Å². The van der Waals surface area contributed by atoms with E-state index in [1.807, 2.05) is 0 Å². The van der Waals surface area contributed by atoms with Crippen LogP contribution >= 0.6 is 0 Å². The molecule has 3 heteroatoms. The summed E-state index contributed by atoms with van der Waals surface area (Å²) in [5.74, 6) is 4.56. The molecule has 0 aromatic rings. The number of esters is 1. The lowest BCUT2D eigenvalue weighted by atomic mass is 9.44. The molecule has 4 aliphatic carbocycles. The minimum atomic E-state index is -0.174. The summed E-state index contributed by atoms with van der Waals surface area (Å²) in [6, 6.07) is 0. The Labute approximate surface area is 196 Å². The maximum Gasteiger partial charge on any atom is 0.302 e. The maximum absolute atomic E-state index is 13.7. The van der Waals surface area contributed by atoms with Gasteiger partial charge in [0.2, 0.25) is 0 Å². The molecule has 0 saturated heterocycles. The second-order valence-corrected chi connectivity index (χ2v) is 13.1. The minimum Gasteiger partial charge on any atom is -0.463 e. The molecule has 0 aromatic heterocycles. The Kier molecular flexibility index (Phi) is 6.87. The quantitative estimate of drug-likeness (QED) is 0.406. The highest BCUT2D eigenvalue weighted by molar-refractivity contribution is 5.83. The Morgan fingerprint density at radius 2 is 1.69 bits per heavy atom. The van der Waals surface area contributed by atoms with Gasteiger partial charge in [-0.2, -0.15) is 0 Å². The molecule has 4 fully saturated rings. The molecule has 32 heavy (non-hydrogen) atoms. The molecule has 0 aromatic carbocycles. The number of ether oxygens (including phenoxy) is 1. The van der Waals surface area contributed by atoms with E-state index in [1.165, 1.54) is 51.9 Å². The van der Waals surface area contributed by atoms with Crippen LogP contribution in [0.5, 0.6) is 0 Å². The van der Waals surface area contributed by atoms with E-state index in [4.69, 9.17) is 4.74 Å². The van der Waals surface area contributed by atoms with E-state index in [9.17, 15) is 9.59 Å². The zero-order valence-corrected chi connectivity index (χ0v) is 21.6. The molecule has 0 amide bonds. The largest absolute Gasteiger partial charge is 0.463 e. The fraction of sp³-hybridized carbons (Fsp3) is 0.931. The van der Waals surface area contributed by atoms with Gasteiger partial charge >= 0.3 is 5.97 Å². The van der Waals surface area contributed by atoms with Crippen LogP contribution in [0.1, 0.15) is 112 Å². The predicted octanol–water partition coefficient (Wildman–Crippen LogP) is 7.22. The van der Waals surface area contributed by atoms with Crippen LogP contribution in [-0.4, -0.2) is 17.9 Å². The molecule has 0 aliphatic heterocycles. The molecule has 4 aliphatic rings. The number of ketones is 1. The molecule has 0 radical (unpaired) electrons. The summed E-state index contributed by atoms with van der Waals surface area (Å²) in [6.07, 6.45) is 12.9. The summed E-state index contributed by atoms with van der Waals surface area (Å²) in [4.78, 5) is 25.2. The van der Waals surface area contributed by atoms with Crippen LogP contribution in [0.15, 0.2) is 0 Å². The number of fused-ring (bicyclic) bond motifs is 5. The molecule has 4 rings (SSSR count). The van der Waals surface area contributed by atoms with Crippen molar-refractivity contribution in [1.29, 1.82) is 0 Å². The average Bonchev–Trinajstić information content (AvgIpc) is 3.05. The van der Waals surface area contributed by atoms with E-state index in [-0.39, 0.29) is 23.4 Å². The maximum atomic E-state index is 13.7. The first-order chi connectivity index (χ1) is 15.1. The van der Waals surface area contributed by atoms with Crippen molar-refractivity contribution in [3.05, 3.63) is 0 Å². The lowest BCUT2D eigenvalue weighted by Crippen LogP contribution is -2.57. The second kappa shape index (κ2) is 9.06. The second-order valence-electron chi connectivity index (χ2n) is 13.1. The van der Waals surface area contributed by atoms with Crippen molar-refractivity contribution in [3.8, 4) is 0 Å². The summed E-state index contributed by atoms with van der Waals surface area (Å²) in [5.41, 5.74) is 0.601. The van der Waals surface area contributed by atoms with E-state index in [0.717, 1.165) is 43.4 Å². The van der Waals surface area contributed by atoms with Crippen molar-refractivity contribution < 1.29 is 14.3 Å². The van der Waals surface area contributed by atoms with Gasteiger partial charge in [-0.3, -0.25) is 9.59 Å². The molecule has 9 atom stereocenters. The molecular weight excluding hydrogens is 396 g/mol. The molecule has 2 unspecified atom stereocenters. The number of Topliss-reactive ketones (excluding diaryl/α,β-unsaturated/α-hetero) is 1. The van der Waals surface area contributed by atoms with Crippen LogP contribution in [-0.2, 0) is 14.3 Å².